The summed E-state index contributed by atoms with van der Waals surface area (Å²) in [6.45, 7) is 0.187. The summed E-state index contributed by atoms with van der Waals surface area (Å²) in [7, 11) is 1.49. The number of nitrogens with one attached hydrogen (secondary N) is 1. The molecule has 1 N–H and O–H groups in total. The van der Waals surface area contributed by atoms with Crippen LogP contribution < -0.4 is 14.8 Å². The Morgan fingerprint density at radius 3 is 2.78 bits per heavy atom. The largest absolute Gasteiger partial charge is 0.493 e. The van der Waals surface area contributed by atoms with Crippen molar-refractivity contribution in [2.45, 2.75) is 13.2 Å². The number of methoxy groups -OCH3 is 1. The fourth-order valence-corrected chi connectivity index (χ4v) is 3.69. The molecular weight excluding hydrogens is 438 g/mol. The van der Waals surface area contributed by atoms with Crippen molar-refractivity contribution in [1.29, 1.82) is 0 Å². The number of ether oxygens (including phenoxy) is 2. The van der Waals surface area contributed by atoms with Crippen molar-refractivity contribution in [3.63, 3.8) is 0 Å². The van der Waals surface area contributed by atoms with Crippen LogP contribution in [0.5, 0.6) is 11.5 Å². The third-order valence-corrected chi connectivity index (χ3v) is 5.44. The summed E-state index contributed by atoms with van der Waals surface area (Å²) in [6, 6.07) is 12.0. The Hall–Kier alpha value is -3.72. The van der Waals surface area contributed by atoms with E-state index in [1.807, 2.05) is 0 Å². The van der Waals surface area contributed by atoms with Crippen LogP contribution in [0.15, 0.2) is 64.6 Å². The highest BCUT2D eigenvalue weighted by atomic mass is 32.1. The summed E-state index contributed by atoms with van der Waals surface area (Å²) in [4.78, 5) is 16.7. The van der Waals surface area contributed by atoms with Gasteiger partial charge in [-0.15, -0.1) is 11.3 Å². The van der Waals surface area contributed by atoms with Crippen molar-refractivity contribution in [2.75, 3.05) is 7.11 Å². The monoisotopic (exact) mass is 456 g/mol. The van der Waals surface area contributed by atoms with Crippen LogP contribution in [0.25, 0.3) is 10.6 Å². The zero-order valence-corrected chi connectivity index (χ0v) is 17.7. The van der Waals surface area contributed by atoms with Gasteiger partial charge in [0.1, 0.15) is 34.7 Å². The number of halogens is 2. The van der Waals surface area contributed by atoms with E-state index in [2.05, 4.69) is 10.3 Å². The number of furan rings is 1. The van der Waals surface area contributed by atoms with Crippen LogP contribution in [0, 0.1) is 11.6 Å². The molecule has 0 saturated carbocycles. The van der Waals surface area contributed by atoms with Crippen molar-refractivity contribution in [3.8, 4) is 22.1 Å². The van der Waals surface area contributed by atoms with E-state index in [4.69, 9.17) is 13.9 Å². The van der Waals surface area contributed by atoms with Crippen LogP contribution >= 0.6 is 11.3 Å². The van der Waals surface area contributed by atoms with Gasteiger partial charge in [-0.2, -0.15) is 0 Å². The molecule has 164 valence electrons. The summed E-state index contributed by atoms with van der Waals surface area (Å²) in [5.41, 5.74) is 1.25. The standard InChI is InChI=1S/C23H18F2N2O4S/c1-29-21-9-14(5-7-20(21)31-12-15-4-6-16(24)10-18(15)25)23-27-19(13-32-23)22(28)26-11-17-3-2-8-30-17/h2-10,13H,11-12H2,1H3,(H,26,28). The zero-order valence-electron chi connectivity index (χ0n) is 16.9. The smallest absolute Gasteiger partial charge is 0.271 e. The normalized spacial score (nSPS) is 10.7. The Bertz CT molecular complexity index is 1220. The van der Waals surface area contributed by atoms with Gasteiger partial charge in [-0.3, -0.25) is 4.79 Å². The number of rotatable bonds is 8. The third-order valence-electron chi connectivity index (χ3n) is 4.55. The average molecular weight is 456 g/mol. The molecule has 1 amide bonds. The van der Waals surface area contributed by atoms with Crippen LogP contribution in [-0.4, -0.2) is 18.0 Å². The van der Waals surface area contributed by atoms with E-state index in [0.29, 0.717) is 28.0 Å². The van der Waals surface area contributed by atoms with Crippen molar-refractivity contribution in [3.05, 3.63) is 88.8 Å². The van der Waals surface area contributed by atoms with Gasteiger partial charge in [0.05, 0.1) is 19.9 Å². The number of carbonyl (C=O) groups excluding carboxylic acids is 1. The van der Waals surface area contributed by atoms with Gasteiger partial charge in [-0.05, 0) is 42.5 Å². The molecule has 2 aromatic carbocycles. The topological polar surface area (TPSA) is 73.6 Å². The lowest BCUT2D eigenvalue weighted by Gasteiger charge is -2.12. The molecule has 4 aromatic rings. The number of amides is 1. The third kappa shape index (κ3) is 4.94. The highest BCUT2D eigenvalue weighted by Gasteiger charge is 2.15. The van der Waals surface area contributed by atoms with Crippen LogP contribution in [0.2, 0.25) is 0 Å². The van der Waals surface area contributed by atoms with Gasteiger partial charge in [0.25, 0.3) is 5.91 Å². The van der Waals surface area contributed by atoms with Crippen LogP contribution in [0.4, 0.5) is 8.78 Å². The molecule has 32 heavy (non-hydrogen) atoms. The molecular formula is C23H18F2N2O4S. The maximum Gasteiger partial charge on any atom is 0.271 e. The van der Waals surface area contributed by atoms with Gasteiger partial charge in [0.2, 0.25) is 0 Å². The second kappa shape index (κ2) is 9.61. The van der Waals surface area contributed by atoms with E-state index in [1.54, 1.807) is 42.0 Å². The Morgan fingerprint density at radius 1 is 1.16 bits per heavy atom. The van der Waals surface area contributed by atoms with Gasteiger partial charge in [0, 0.05) is 22.6 Å². The minimum Gasteiger partial charge on any atom is -0.493 e. The van der Waals surface area contributed by atoms with E-state index in [-0.39, 0.29) is 24.6 Å². The van der Waals surface area contributed by atoms with Gasteiger partial charge in [0.15, 0.2) is 11.5 Å². The highest BCUT2D eigenvalue weighted by Crippen LogP contribution is 2.34. The number of aromatic nitrogens is 1. The lowest BCUT2D eigenvalue weighted by Crippen LogP contribution is -2.22. The second-order valence-corrected chi connectivity index (χ2v) is 7.55. The molecule has 0 aliphatic carbocycles. The van der Waals surface area contributed by atoms with Gasteiger partial charge < -0.3 is 19.2 Å². The van der Waals surface area contributed by atoms with E-state index in [0.717, 1.165) is 11.6 Å². The van der Waals surface area contributed by atoms with Gasteiger partial charge in [-0.25, -0.2) is 13.8 Å². The first kappa shape index (κ1) is 21.5. The minimum atomic E-state index is -0.679. The van der Waals surface area contributed by atoms with Crippen LogP contribution in [0.3, 0.4) is 0 Å². The summed E-state index contributed by atoms with van der Waals surface area (Å²) >= 11 is 1.32. The van der Waals surface area contributed by atoms with Crippen molar-refractivity contribution < 1.29 is 27.5 Å². The maximum atomic E-state index is 13.8. The molecule has 0 atom stereocenters. The molecule has 4 rings (SSSR count). The van der Waals surface area contributed by atoms with Gasteiger partial charge in [-0.1, -0.05) is 0 Å². The Balaban J connectivity index is 1.44. The summed E-state index contributed by atoms with van der Waals surface area (Å²) in [5.74, 6) is -0.171. The van der Waals surface area contributed by atoms with E-state index in [9.17, 15) is 13.6 Å². The fraction of sp³-hybridized carbons (Fsp3) is 0.130. The first-order valence-corrected chi connectivity index (χ1v) is 10.4. The molecule has 0 aliphatic rings. The number of hydrogen-bond acceptors (Lipinski definition) is 6. The Labute approximate surface area is 186 Å². The Kier molecular flexibility index (Phi) is 6.46. The number of nitrogens with zero attached hydrogens (tertiary/aromatic N) is 1. The molecule has 6 nitrogen and oxygen atoms in total. The quantitative estimate of drug-likeness (QED) is 0.395. The van der Waals surface area contributed by atoms with Crippen LogP contribution in [-0.2, 0) is 13.2 Å². The Morgan fingerprint density at radius 2 is 2.03 bits per heavy atom. The molecule has 0 bridgehead atoms. The second-order valence-electron chi connectivity index (χ2n) is 6.69. The molecule has 0 unspecified atom stereocenters. The molecule has 2 heterocycles. The summed E-state index contributed by atoms with van der Waals surface area (Å²) in [6.07, 6.45) is 1.54. The lowest BCUT2D eigenvalue weighted by atomic mass is 10.2. The predicted molar refractivity (Wildman–Crippen MR) is 115 cm³/mol. The van der Waals surface area contributed by atoms with Crippen molar-refractivity contribution in [1.82, 2.24) is 10.3 Å². The highest BCUT2D eigenvalue weighted by molar-refractivity contribution is 7.13. The predicted octanol–water partition coefficient (Wildman–Crippen LogP) is 5.20. The number of carbonyl (C=O) groups is 1. The van der Waals surface area contributed by atoms with Gasteiger partial charge >= 0.3 is 0 Å². The lowest BCUT2D eigenvalue weighted by molar-refractivity contribution is 0.0944. The minimum absolute atomic E-state index is 0.0843. The zero-order chi connectivity index (χ0) is 22.5. The molecule has 0 aliphatic heterocycles. The molecule has 2 aromatic heterocycles. The SMILES string of the molecule is COc1cc(-c2nc(C(=O)NCc3ccco3)cs2)ccc1OCc1ccc(F)cc1F. The molecule has 0 spiro atoms. The van der Waals surface area contributed by atoms with E-state index < -0.39 is 11.6 Å². The fourth-order valence-electron chi connectivity index (χ4n) is 2.90. The maximum absolute atomic E-state index is 13.8. The van der Waals surface area contributed by atoms with Crippen molar-refractivity contribution in [2.24, 2.45) is 0 Å². The summed E-state index contributed by atoms with van der Waals surface area (Å²) in [5, 5.41) is 5.05. The molecule has 0 saturated heterocycles. The van der Waals surface area contributed by atoms with E-state index in [1.165, 1.54) is 30.6 Å². The van der Waals surface area contributed by atoms with Crippen molar-refractivity contribution >= 4 is 17.2 Å². The first-order chi connectivity index (χ1) is 15.5. The molecule has 9 heteroatoms. The number of benzene rings is 2. The first-order valence-electron chi connectivity index (χ1n) is 9.54. The average Bonchev–Trinajstić information content (AvgIpc) is 3.49. The molecule has 0 fully saturated rings. The number of hydrogen-bond donors (Lipinski definition) is 1. The summed E-state index contributed by atoms with van der Waals surface area (Å²) < 4.78 is 43.1. The van der Waals surface area contributed by atoms with Crippen LogP contribution in [0.1, 0.15) is 21.8 Å². The molecule has 0 radical (unpaired) electrons. The van der Waals surface area contributed by atoms with E-state index >= 15 is 0 Å². The number of thiazole rings is 1.